The van der Waals surface area contributed by atoms with Crippen molar-refractivity contribution in [3.8, 4) is 0 Å². The smallest absolute Gasteiger partial charge is 0.251 e. The molecule has 25 heavy (non-hydrogen) atoms. The van der Waals surface area contributed by atoms with Gasteiger partial charge in [-0.1, -0.05) is 37.6 Å². The summed E-state index contributed by atoms with van der Waals surface area (Å²) >= 11 is 0. The molecular weight excluding hydrogens is 319 g/mol. The van der Waals surface area contributed by atoms with Crippen molar-refractivity contribution in [1.82, 2.24) is 5.32 Å². The average molecular weight is 342 g/mol. The molecule has 0 heterocycles. The van der Waals surface area contributed by atoms with E-state index in [2.05, 4.69) is 10.6 Å². The van der Waals surface area contributed by atoms with Gasteiger partial charge in [0.15, 0.2) is 0 Å². The first-order chi connectivity index (χ1) is 11.8. The highest BCUT2D eigenvalue weighted by atomic mass is 19.1. The van der Waals surface area contributed by atoms with E-state index >= 15 is 0 Å². The largest absolute Gasteiger partial charge is 0.340 e. The number of aryl methyl sites for hydroxylation is 2. The van der Waals surface area contributed by atoms with E-state index in [0.717, 1.165) is 11.1 Å². The summed E-state index contributed by atoms with van der Waals surface area (Å²) in [7, 11) is 0. The standard InChI is InChI=1S/C20H23FN2O2/c1-12(2)18(23-19(24)15-8-5-13(3)6-9-15)20(25)22-17-11-16(21)10-7-14(17)4/h5-12,18H,1-4H3,(H,22,25)(H,23,24). The number of hydrogen-bond acceptors (Lipinski definition) is 2. The number of amides is 2. The van der Waals surface area contributed by atoms with Crippen LogP contribution in [0, 0.1) is 25.6 Å². The highest BCUT2D eigenvalue weighted by Crippen LogP contribution is 2.17. The lowest BCUT2D eigenvalue weighted by molar-refractivity contribution is -0.118. The Kier molecular flexibility index (Phi) is 5.91. The van der Waals surface area contributed by atoms with E-state index in [-0.39, 0.29) is 17.7 Å². The highest BCUT2D eigenvalue weighted by Gasteiger charge is 2.25. The number of halogens is 1. The molecule has 0 bridgehead atoms. The number of carbonyl (C=O) groups excluding carboxylic acids is 2. The topological polar surface area (TPSA) is 58.2 Å². The van der Waals surface area contributed by atoms with E-state index in [1.807, 2.05) is 32.9 Å². The monoisotopic (exact) mass is 342 g/mol. The van der Waals surface area contributed by atoms with E-state index < -0.39 is 11.9 Å². The molecule has 0 saturated carbocycles. The summed E-state index contributed by atoms with van der Waals surface area (Å²) < 4.78 is 13.4. The molecule has 0 spiro atoms. The molecule has 132 valence electrons. The Morgan fingerprint density at radius 3 is 2.24 bits per heavy atom. The quantitative estimate of drug-likeness (QED) is 0.867. The molecule has 5 heteroatoms. The van der Waals surface area contributed by atoms with Crippen LogP contribution in [0.1, 0.15) is 35.3 Å². The lowest BCUT2D eigenvalue weighted by Crippen LogP contribution is -2.47. The number of rotatable bonds is 5. The Labute approximate surface area is 147 Å². The lowest BCUT2D eigenvalue weighted by atomic mass is 10.0. The number of anilines is 1. The van der Waals surface area contributed by atoms with Crippen molar-refractivity contribution >= 4 is 17.5 Å². The molecule has 0 radical (unpaired) electrons. The summed E-state index contributed by atoms with van der Waals surface area (Å²) in [5, 5.41) is 5.47. The van der Waals surface area contributed by atoms with Crippen molar-refractivity contribution in [3.05, 3.63) is 65.0 Å². The fourth-order valence-corrected chi connectivity index (χ4v) is 2.40. The van der Waals surface area contributed by atoms with Gasteiger partial charge in [0, 0.05) is 11.3 Å². The Morgan fingerprint density at radius 2 is 1.64 bits per heavy atom. The van der Waals surface area contributed by atoms with E-state index in [1.54, 1.807) is 25.1 Å². The van der Waals surface area contributed by atoms with Crippen molar-refractivity contribution < 1.29 is 14.0 Å². The van der Waals surface area contributed by atoms with Crippen LogP contribution < -0.4 is 10.6 Å². The highest BCUT2D eigenvalue weighted by molar-refractivity contribution is 6.01. The molecule has 2 amide bonds. The van der Waals surface area contributed by atoms with Crippen LogP contribution in [0.4, 0.5) is 10.1 Å². The molecule has 0 aliphatic carbocycles. The van der Waals surface area contributed by atoms with Gasteiger partial charge >= 0.3 is 0 Å². The molecule has 2 aromatic rings. The first-order valence-corrected chi connectivity index (χ1v) is 8.22. The minimum Gasteiger partial charge on any atom is -0.340 e. The van der Waals surface area contributed by atoms with Gasteiger partial charge in [-0.05, 0) is 49.6 Å². The van der Waals surface area contributed by atoms with Crippen molar-refractivity contribution in [1.29, 1.82) is 0 Å². The summed E-state index contributed by atoms with van der Waals surface area (Å²) in [5.41, 5.74) is 2.70. The van der Waals surface area contributed by atoms with Crippen LogP contribution in [0.25, 0.3) is 0 Å². The van der Waals surface area contributed by atoms with Crippen LogP contribution in [0.5, 0.6) is 0 Å². The molecule has 2 rings (SSSR count). The molecular formula is C20H23FN2O2. The number of benzene rings is 2. The second-order valence-corrected chi connectivity index (χ2v) is 6.51. The van der Waals surface area contributed by atoms with Gasteiger partial charge in [0.05, 0.1) is 0 Å². The van der Waals surface area contributed by atoms with Gasteiger partial charge in [-0.3, -0.25) is 9.59 Å². The average Bonchev–Trinajstić information content (AvgIpc) is 2.56. The normalized spacial score (nSPS) is 11.9. The van der Waals surface area contributed by atoms with Crippen LogP contribution in [0.3, 0.4) is 0 Å². The van der Waals surface area contributed by atoms with Crippen molar-refractivity contribution in [2.75, 3.05) is 5.32 Å². The second kappa shape index (κ2) is 7.92. The van der Waals surface area contributed by atoms with E-state index in [0.29, 0.717) is 11.3 Å². The molecule has 0 aromatic heterocycles. The molecule has 0 aliphatic heterocycles. The van der Waals surface area contributed by atoms with Gasteiger partial charge in [0.25, 0.3) is 5.91 Å². The molecule has 0 fully saturated rings. The van der Waals surface area contributed by atoms with Crippen LogP contribution >= 0.6 is 0 Å². The molecule has 1 atom stereocenters. The van der Waals surface area contributed by atoms with Gasteiger partial charge in [-0.2, -0.15) is 0 Å². The lowest BCUT2D eigenvalue weighted by Gasteiger charge is -2.22. The fraction of sp³-hybridized carbons (Fsp3) is 0.300. The van der Waals surface area contributed by atoms with Crippen LogP contribution in [0.2, 0.25) is 0 Å². The maximum atomic E-state index is 13.4. The predicted octanol–water partition coefficient (Wildman–Crippen LogP) is 3.84. The summed E-state index contributed by atoms with van der Waals surface area (Å²) in [6.45, 7) is 7.41. The zero-order valence-electron chi connectivity index (χ0n) is 14.9. The minimum absolute atomic E-state index is 0.122. The summed E-state index contributed by atoms with van der Waals surface area (Å²) in [5.74, 6) is -1.23. The zero-order valence-corrected chi connectivity index (χ0v) is 14.9. The summed E-state index contributed by atoms with van der Waals surface area (Å²) in [6.07, 6.45) is 0. The van der Waals surface area contributed by atoms with Crippen LogP contribution in [-0.2, 0) is 4.79 Å². The Hall–Kier alpha value is -2.69. The van der Waals surface area contributed by atoms with E-state index in [9.17, 15) is 14.0 Å². The summed E-state index contributed by atoms with van der Waals surface area (Å²) in [6, 6.07) is 10.6. The van der Waals surface area contributed by atoms with Gasteiger partial charge in [-0.25, -0.2) is 4.39 Å². The Bertz CT molecular complexity index is 770. The molecule has 2 N–H and O–H groups in total. The third-order valence-electron chi connectivity index (χ3n) is 4.01. The fourth-order valence-electron chi connectivity index (χ4n) is 2.40. The number of hydrogen-bond donors (Lipinski definition) is 2. The van der Waals surface area contributed by atoms with Gasteiger partial charge in [0.1, 0.15) is 11.9 Å². The maximum absolute atomic E-state index is 13.4. The first-order valence-electron chi connectivity index (χ1n) is 8.22. The third kappa shape index (κ3) is 4.89. The van der Waals surface area contributed by atoms with Crippen molar-refractivity contribution in [2.45, 2.75) is 33.7 Å². The van der Waals surface area contributed by atoms with Gasteiger partial charge < -0.3 is 10.6 Å². The molecule has 4 nitrogen and oxygen atoms in total. The number of carbonyl (C=O) groups is 2. The van der Waals surface area contributed by atoms with E-state index in [4.69, 9.17) is 0 Å². The molecule has 0 saturated heterocycles. The maximum Gasteiger partial charge on any atom is 0.251 e. The van der Waals surface area contributed by atoms with Crippen LogP contribution in [0.15, 0.2) is 42.5 Å². The molecule has 2 aromatic carbocycles. The van der Waals surface area contributed by atoms with Crippen LogP contribution in [-0.4, -0.2) is 17.9 Å². The Balaban J connectivity index is 2.14. The van der Waals surface area contributed by atoms with Gasteiger partial charge in [-0.15, -0.1) is 0 Å². The Morgan fingerprint density at radius 1 is 1.00 bits per heavy atom. The zero-order chi connectivity index (χ0) is 18.6. The third-order valence-corrected chi connectivity index (χ3v) is 4.01. The minimum atomic E-state index is -0.725. The number of nitrogens with one attached hydrogen (secondary N) is 2. The van der Waals surface area contributed by atoms with Gasteiger partial charge in [0.2, 0.25) is 5.91 Å². The SMILES string of the molecule is Cc1ccc(C(=O)NC(C(=O)Nc2cc(F)ccc2C)C(C)C)cc1. The molecule has 1 unspecified atom stereocenters. The van der Waals surface area contributed by atoms with Crippen molar-refractivity contribution in [2.24, 2.45) is 5.92 Å². The first kappa shape index (κ1) is 18.6. The second-order valence-electron chi connectivity index (χ2n) is 6.51. The van der Waals surface area contributed by atoms with E-state index in [1.165, 1.54) is 12.1 Å². The molecule has 0 aliphatic rings. The van der Waals surface area contributed by atoms with Crippen molar-refractivity contribution in [3.63, 3.8) is 0 Å². The summed E-state index contributed by atoms with van der Waals surface area (Å²) in [4.78, 5) is 25.0. The predicted molar refractivity (Wildman–Crippen MR) is 97.0 cm³/mol.